The van der Waals surface area contributed by atoms with Crippen LogP contribution < -0.4 is 10.5 Å². The molecule has 0 radical (unpaired) electrons. The molecule has 24 heavy (non-hydrogen) atoms. The van der Waals surface area contributed by atoms with Crippen LogP contribution in [0.15, 0.2) is 40.6 Å². The second-order valence-electron chi connectivity index (χ2n) is 5.43. The van der Waals surface area contributed by atoms with Crippen LogP contribution in [-0.2, 0) is 14.8 Å². The van der Waals surface area contributed by atoms with Crippen molar-refractivity contribution >= 4 is 33.4 Å². The van der Waals surface area contributed by atoms with Crippen molar-refractivity contribution in [1.82, 2.24) is 14.8 Å². The molecule has 0 aliphatic carbocycles. The van der Waals surface area contributed by atoms with E-state index in [1.165, 1.54) is 36.0 Å². The normalized spacial score (nSPS) is 13.0. The van der Waals surface area contributed by atoms with Crippen LogP contribution in [0.2, 0.25) is 0 Å². The minimum absolute atomic E-state index is 0.00652. The number of amides is 1. The SMILES string of the molecule is CC(Sc1nncn1C(C)C)C(=O)Nc1ccc(S(N)(=O)=O)cc1. The lowest BCUT2D eigenvalue weighted by atomic mass is 10.3. The van der Waals surface area contributed by atoms with Crippen molar-refractivity contribution in [2.45, 2.75) is 42.1 Å². The Morgan fingerprint density at radius 2 is 1.88 bits per heavy atom. The van der Waals surface area contributed by atoms with Crippen LogP contribution in [0.25, 0.3) is 0 Å². The molecule has 2 rings (SSSR count). The van der Waals surface area contributed by atoms with Crippen LogP contribution in [0.4, 0.5) is 5.69 Å². The fourth-order valence-electron chi connectivity index (χ4n) is 1.85. The molecule has 0 fully saturated rings. The predicted molar refractivity (Wildman–Crippen MR) is 92.2 cm³/mol. The Bertz CT molecular complexity index is 815. The highest BCUT2D eigenvalue weighted by molar-refractivity contribution is 8.00. The fraction of sp³-hybridized carbons (Fsp3) is 0.357. The summed E-state index contributed by atoms with van der Waals surface area (Å²) in [5, 5.41) is 15.9. The summed E-state index contributed by atoms with van der Waals surface area (Å²) < 4.78 is 24.3. The average Bonchev–Trinajstić information content (AvgIpc) is 2.95. The Hall–Kier alpha value is -1.91. The number of sulfonamides is 1. The Kier molecular flexibility index (Phi) is 5.62. The number of rotatable bonds is 6. The number of primary sulfonamides is 1. The second kappa shape index (κ2) is 7.32. The first-order valence-electron chi connectivity index (χ1n) is 7.18. The molecule has 2 aromatic rings. The molecule has 0 bridgehead atoms. The highest BCUT2D eigenvalue weighted by atomic mass is 32.2. The molecule has 1 amide bonds. The minimum Gasteiger partial charge on any atom is -0.325 e. The third-order valence-electron chi connectivity index (χ3n) is 3.20. The van der Waals surface area contributed by atoms with Crippen LogP contribution in [0.3, 0.4) is 0 Å². The molecule has 0 aliphatic rings. The van der Waals surface area contributed by atoms with E-state index in [-0.39, 0.29) is 16.8 Å². The van der Waals surface area contributed by atoms with Gasteiger partial charge in [0.05, 0.1) is 10.1 Å². The van der Waals surface area contributed by atoms with Gasteiger partial charge in [0.2, 0.25) is 15.9 Å². The van der Waals surface area contributed by atoms with E-state index >= 15 is 0 Å². The van der Waals surface area contributed by atoms with Crippen molar-refractivity contribution in [3.05, 3.63) is 30.6 Å². The summed E-state index contributed by atoms with van der Waals surface area (Å²) in [7, 11) is -3.75. The van der Waals surface area contributed by atoms with E-state index in [9.17, 15) is 13.2 Å². The first kappa shape index (κ1) is 18.4. The van der Waals surface area contributed by atoms with E-state index < -0.39 is 15.3 Å². The number of hydrogen-bond donors (Lipinski definition) is 2. The van der Waals surface area contributed by atoms with Crippen LogP contribution in [0.1, 0.15) is 26.8 Å². The van der Waals surface area contributed by atoms with Gasteiger partial charge in [-0.1, -0.05) is 11.8 Å². The predicted octanol–water partition coefficient (Wildman–Crippen LogP) is 1.63. The number of hydrogen-bond acceptors (Lipinski definition) is 6. The molecule has 1 heterocycles. The molecule has 1 atom stereocenters. The van der Waals surface area contributed by atoms with Gasteiger partial charge >= 0.3 is 0 Å². The smallest absolute Gasteiger partial charge is 0.238 e. The zero-order chi connectivity index (χ0) is 17.9. The second-order valence-corrected chi connectivity index (χ2v) is 8.30. The van der Waals surface area contributed by atoms with Crippen molar-refractivity contribution in [2.24, 2.45) is 5.14 Å². The number of nitrogens with two attached hydrogens (primary N) is 1. The Morgan fingerprint density at radius 1 is 1.25 bits per heavy atom. The molecule has 10 heteroatoms. The topological polar surface area (TPSA) is 120 Å². The van der Waals surface area contributed by atoms with Gasteiger partial charge in [-0.3, -0.25) is 4.79 Å². The number of carbonyl (C=O) groups is 1. The van der Waals surface area contributed by atoms with E-state index in [1.807, 2.05) is 18.4 Å². The molecule has 0 aliphatic heterocycles. The zero-order valence-corrected chi connectivity index (χ0v) is 15.1. The maximum atomic E-state index is 12.3. The first-order valence-corrected chi connectivity index (χ1v) is 9.61. The Labute approximate surface area is 144 Å². The summed E-state index contributed by atoms with van der Waals surface area (Å²) >= 11 is 1.30. The van der Waals surface area contributed by atoms with Gasteiger partial charge in [-0.05, 0) is 45.0 Å². The van der Waals surface area contributed by atoms with Crippen LogP contribution in [0.5, 0.6) is 0 Å². The van der Waals surface area contributed by atoms with Crippen molar-refractivity contribution in [2.75, 3.05) is 5.32 Å². The molecule has 0 saturated carbocycles. The maximum Gasteiger partial charge on any atom is 0.238 e. The first-order chi connectivity index (χ1) is 11.2. The van der Waals surface area contributed by atoms with Gasteiger partial charge in [-0.15, -0.1) is 10.2 Å². The number of anilines is 1. The molecule has 0 saturated heterocycles. The number of nitrogens with one attached hydrogen (secondary N) is 1. The standard InChI is InChI=1S/C14H19N5O3S2/c1-9(2)19-8-16-18-14(19)23-10(3)13(20)17-11-4-6-12(7-5-11)24(15,21)22/h4-10H,1-3H3,(H,17,20)(H2,15,21,22). The maximum absolute atomic E-state index is 12.3. The van der Waals surface area contributed by atoms with Crippen LogP contribution in [0, 0.1) is 0 Å². The zero-order valence-electron chi connectivity index (χ0n) is 13.5. The highest BCUT2D eigenvalue weighted by Crippen LogP contribution is 2.24. The third kappa shape index (κ3) is 4.56. The Morgan fingerprint density at radius 3 is 2.42 bits per heavy atom. The summed E-state index contributed by atoms with van der Waals surface area (Å²) in [6.45, 7) is 5.77. The van der Waals surface area contributed by atoms with Gasteiger partial charge < -0.3 is 9.88 Å². The summed E-state index contributed by atoms with van der Waals surface area (Å²) in [4.78, 5) is 12.3. The van der Waals surface area contributed by atoms with Crippen molar-refractivity contribution in [3.8, 4) is 0 Å². The largest absolute Gasteiger partial charge is 0.325 e. The average molecular weight is 369 g/mol. The van der Waals surface area contributed by atoms with E-state index in [0.29, 0.717) is 10.8 Å². The summed E-state index contributed by atoms with van der Waals surface area (Å²) in [6, 6.07) is 5.87. The lowest BCUT2D eigenvalue weighted by molar-refractivity contribution is -0.115. The molecule has 1 aromatic carbocycles. The van der Waals surface area contributed by atoms with Crippen LogP contribution in [-0.4, -0.2) is 34.3 Å². The van der Waals surface area contributed by atoms with Crippen molar-refractivity contribution in [1.29, 1.82) is 0 Å². The number of benzene rings is 1. The van der Waals surface area contributed by atoms with Gasteiger partial charge in [0.15, 0.2) is 5.16 Å². The lowest BCUT2D eigenvalue weighted by Gasteiger charge is -2.14. The van der Waals surface area contributed by atoms with Crippen molar-refractivity contribution in [3.63, 3.8) is 0 Å². The van der Waals surface area contributed by atoms with Gasteiger partial charge in [-0.25, -0.2) is 13.6 Å². The molecule has 3 N–H and O–H groups in total. The number of carbonyl (C=O) groups excluding carboxylic acids is 1. The molecule has 1 aromatic heterocycles. The van der Waals surface area contributed by atoms with Gasteiger partial charge in [-0.2, -0.15) is 0 Å². The third-order valence-corrected chi connectivity index (χ3v) is 5.20. The van der Waals surface area contributed by atoms with Crippen LogP contribution >= 0.6 is 11.8 Å². The van der Waals surface area contributed by atoms with Crippen molar-refractivity contribution < 1.29 is 13.2 Å². The van der Waals surface area contributed by atoms with Gasteiger partial charge in [0.25, 0.3) is 0 Å². The minimum atomic E-state index is -3.75. The van der Waals surface area contributed by atoms with E-state index in [4.69, 9.17) is 5.14 Å². The van der Waals surface area contributed by atoms with Gasteiger partial charge in [0, 0.05) is 11.7 Å². The fourth-order valence-corrected chi connectivity index (χ4v) is 3.33. The quantitative estimate of drug-likeness (QED) is 0.747. The van der Waals surface area contributed by atoms with E-state index in [1.54, 1.807) is 13.3 Å². The number of thioether (sulfide) groups is 1. The number of aromatic nitrogens is 3. The monoisotopic (exact) mass is 369 g/mol. The van der Waals surface area contributed by atoms with E-state index in [0.717, 1.165) is 0 Å². The summed E-state index contributed by atoms with van der Waals surface area (Å²) in [6.07, 6.45) is 1.63. The Balaban J connectivity index is 2.02. The highest BCUT2D eigenvalue weighted by Gasteiger charge is 2.19. The summed E-state index contributed by atoms with van der Waals surface area (Å²) in [5.41, 5.74) is 0.491. The molecule has 1 unspecified atom stereocenters. The lowest BCUT2D eigenvalue weighted by Crippen LogP contribution is -2.23. The molecule has 130 valence electrons. The molecular formula is C14H19N5O3S2. The molecular weight excluding hydrogens is 350 g/mol. The molecule has 8 nitrogen and oxygen atoms in total. The van der Waals surface area contributed by atoms with E-state index in [2.05, 4.69) is 15.5 Å². The van der Waals surface area contributed by atoms with Gasteiger partial charge in [0.1, 0.15) is 6.33 Å². The summed E-state index contributed by atoms with van der Waals surface area (Å²) in [5.74, 6) is -0.221. The molecule has 0 spiro atoms. The number of nitrogens with zero attached hydrogens (tertiary/aromatic N) is 3.